The first-order chi connectivity index (χ1) is 8.13. The van der Waals surface area contributed by atoms with Crippen molar-refractivity contribution >= 4 is 11.6 Å². The van der Waals surface area contributed by atoms with Gasteiger partial charge in [0.2, 0.25) is 0 Å². The Morgan fingerprint density at radius 3 is 3.00 bits per heavy atom. The number of nitrogens with zero attached hydrogens (tertiary/aromatic N) is 1. The molecule has 0 aliphatic rings. The van der Waals surface area contributed by atoms with Crippen molar-refractivity contribution in [2.45, 2.75) is 6.42 Å². The standard InChI is InChI=1S/C11H12FN3O2/c12-9-6-8(14)2-3-10(9)17-7-11(16)15-5-1-4-13/h2-3,6H,1,5,7,14H2,(H,15,16). The Morgan fingerprint density at radius 2 is 2.35 bits per heavy atom. The van der Waals surface area contributed by atoms with Crippen LogP contribution in [0.5, 0.6) is 5.75 Å². The zero-order valence-electron chi connectivity index (χ0n) is 9.07. The molecule has 0 radical (unpaired) electrons. The third-order valence-electron chi connectivity index (χ3n) is 1.87. The van der Waals surface area contributed by atoms with Crippen LogP contribution in [0.1, 0.15) is 6.42 Å². The number of nitrogens with one attached hydrogen (secondary N) is 1. The van der Waals surface area contributed by atoms with E-state index in [9.17, 15) is 9.18 Å². The molecule has 6 heteroatoms. The number of amides is 1. The van der Waals surface area contributed by atoms with Gasteiger partial charge >= 0.3 is 0 Å². The van der Waals surface area contributed by atoms with E-state index in [1.54, 1.807) is 0 Å². The van der Waals surface area contributed by atoms with Crippen molar-refractivity contribution < 1.29 is 13.9 Å². The summed E-state index contributed by atoms with van der Waals surface area (Å²) in [6.45, 7) is -0.0464. The summed E-state index contributed by atoms with van der Waals surface area (Å²) < 4.78 is 18.2. The van der Waals surface area contributed by atoms with Gasteiger partial charge in [0.05, 0.1) is 12.5 Å². The first-order valence-corrected chi connectivity index (χ1v) is 4.95. The van der Waals surface area contributed by atoms with Gasteiger partial charge in [-0.15, -0.1) is 0 Å². The van der Waals surface area contributed by atoms with Crippen LogP contribution in [-0.2, 0) is 4.79 Å². The van der Waals surface area contributed by atoms with Crippen LogP contribution in [-0.4, -0.2) is 19.1 Å². The second-order valence-corrected chi connectivity index (χ2v) is 3.24. The molecule has 0 fully saturated rings. The quantitative estimate of drug-likeness (QED) is 0.586. The van der Waals surface area contributed by atoms with Gasteiger partial charge in [-0.1, -0.05) is 0 Å². The fourth-order valence-corrected chi connectivity index (χ4v) is 1.09. The van der Waals surface area contributed by atoms with E-state index in [1.165, 1.54) is 12.1 Å². The van der Waals surface area contributed by atoms with E-state index in [-0.39, 0.29) is 31.0 Å². The maximum atomic E-state index is 13.2. The molecular weight excluding hydrogens is 225 g/mol. The molecule has 90 valence electrons. The van der Waals surface area contributed by atoms with E-state index >= 15 is 0 Å². The maximum absolute atomic E-state index is 13.2. The monoisotopic (exact) mass is 237 g/mol. The number of halogens is 1. The predicted molar refractivity (Wildman–Crippen MR) is 59.5 cm³/mol. The lowest BCUT2D eigenvalue weighted by Crippen LogP contribution is -2.29. The van der Waals surface area contributed by atoms with Gasteiger partial charge in [-0.05, 0) is 12.1 Å². The Balaban J connectivity index is 2.40. The van der Waals surface area contributed by atoms with Gasteiger partial charge in [-0.25, -0.2) is 4.39 Å². The van der Waals surface area contributed by atoms with Crippen LogP contribution in [0.2, 0.25) is 0 Å². The number of carbonyl (C=O) groups excluding carboxylic acids is 1. The zero-order valence-corrected chi connectivity index (χ0v) is 9.07. The van der Waals surface area contributed by atoms with Crippen molar-refractivity contribution in [2.75, 3.05) is 18.9 Å². The Kier molecular flexibility index (Phi) is 4.76. The average Bonchev–Trinajstić information content (AvgIpc) is 2.28. The molecule has 0 spiro atoms. The Bertz CT molecular complexity index is 443. The number of benzene rings is 1. The molecular formula is C11H12FN3O2. The van der Waals surface area contributed by atoms with E-state index in [2.05, 4.69) is 5.32 Å². The minimum absolute atomic E-state index is 0.0327. The Labute approximate surface area is 98.0 Å². The number of ether oxygens (including phenoxy) is 1. The molecule has 0 unspecified atom stereocenters. The fraction of sp³-hybridized carbons (Fsp3) is 0.273. The number of hydrogen-bond acceptors (Lipinski definition) is 4. The van der Waals surface area contributed by atoms with Crippen molar-refractivity contribution in [1.29, 1.82) is 5.26 Å². The van der Waals surface area contributed by atoms with Crippen molar-refractivity contribution in [1.82, 2.24) is 5.32 Å². The second-order valence-electron chi connectivity index (χ2n) is 3.24. The third-order valence-corrected chi connectivity index (χ3v) is 1.87. The van der Waals surface area contributed by atoms with Crippen LogP contribution < -0.4 is 15.8 Å². The molecule has 0 saturated heterocycles. The first kappa shape index (κ1) is 12.8. The molecule has 0 heterocycles. The lowest BCUT2D eigenvalue weighted by molar-refractivity contribution is -0.123. The number of rotatable bonds is 5. The van der Waals surface area contributed by atoms with E-state index < -0.39 is 11.7 Å². The fourth-order valence-electron chi connectivity index (χ4n) is 1.09. The highest BCUT2D eigenvalue weighted by Gasteiger charge is 2.06. The van der Waals surface area contributed by atoms with E-state index in [0.29, 0.717) is 0 Å². The molecule has 0 aliphatic heterocycles. The molecule has 5 nitrogen and oxygen atoms in total. The average molecular weight is 237 g/mol. The largest absolute Gasteiger partial charge is 0.481 e. The van der Waals surface area contributed by atoms with Crippen LogP contribution >= 0.6 is 0 Å². The van der Waals surface area contributed by atoms with E-state index in [0.717, 1.165) is 6.07 Å². The molecule has 3 N–H and O–H groups in total. The van der Waals surface area contributed by atoms with Crippen LogP contribution in [0.4, 0.5) is 10.1 Å². The first-order valence-electron chi connectivity index (χ1n) is 4.95. The summed E-state index contributed by atoms with van der Waals surface area (Å²) in [5.41, 5.74) is 5.64. The van der Waals surface area contributed by atoms with Gasteiger partial charge in [0.15, 0.2) is 18.2 Å². The molecule has 0 bridgehead atoms. The second kappa shape index (κ2) is 6.33. The highest BCUT2D eigenvalue weighted by Crippen LogP contribution is 2.18. The number of nitrogen functional groups attached to an aromatic ring is 1. The summed E-state index contributed by atoms with van der Waals surface area (Å²) in [5.74, 6) is -1.05. The van der Waals surface area contributed by atoms with Gasteiger partial charge in [0.1, 0.15) is 0 Å². The number of nitrogens with two attached hydrogens (primary N) is 1. The van der Waals surface area contributed by atoms with Crippen molar-refractivity contribution in [3.05, 3.63) is 24.0 Å². The van der Waals surface area contributed by atoms with Gasteiger partial charge in [-0.3, -0.25) is 4.79 Å². The maximum Gasteiger partial charge on any atom is 0.257 e. The van der Waals surface area contributed by atoms with Crippen molar-refractivity contribution in [3.8, 4) is 11.8 Å². The number of anilines is 1. The molecule has 1 amide bonds. The van der Waals surface area contributed by atoms with Gasteiger partial charge in [0.25, 0.3) is 5.91 Å². The summed E-state index contributed by atoms with van der Waals surface area (Å²) in [6.07, 6.45) is 0.224. The number of carbonyl (C=O) groups is 1. The molecule has 0 aromatic heterocycles. The smallest absolute Gasteiger partial charge is 0.257 e. The normalized spacial score (nSPS) is 9.41. The predicted octanol–water partition coefficient (Wildman–Crippen LogP) is 0.817. The molecule has 0 aliphatic carbocycles. The van der Waals surface area contributed by atoms with Gasteiger partial charge in [-0.2, -0.15) is 5.26 Å². The lowest BCUT2D eigenvalue weighted by Gasteiger charge is -2.07. The van der Waals surface area contributed by atoms with Crippen LogP contribution in [0.3, 0.4) is 0 Å². The summed E-state index contributed by atoms with van der Waals surface area (Å²) >= 11 is 0. The van der Waals surface area contributed by atoms with Crippen LogP contribution in [0.15, 0.2) is 18.2 Å². The minimum Gasteiger partial charge on any atom is -0.481 e. The van der Waals surface area contributed by atoms with Gasteiger partial charge < -0.3 is 15.8 Å². The summed E-state index contributed by atoms with van der Waals surface area (Å²) in [6, 6.07) is 5.83. The highest BCUT2D eigenvalue weighted by atomic mass is 19.1. The van der Waals surface area contributed by atoms with Crippen molar-refractivity contribution in [2.24, 2.45) is 0 Å². The number of hydrogen-bond donors (Lipinski definition) is 2. The van der Waals surface area contributed by atoms with Crippen LogP contribution in [0.25, 0.3) is 0 Å². The Morgan fingerprint density at radius 1 is 1.59 bits per heavy atom. The summed E-state index contributed by atoms with van der Waals surface area (Å²) in [4.78, 5) is 11.2. The molecule has 0 atom stereocenters. The van der Waals surface area contributed by atoms with Crippen LogP contribution in [0, 0.1) is 17.1 Å². The summed E-state index contributed by atoms with van der Waals surface area (Å²) in [5, 5.41) is 10.7. The summed E-state index contributed by atoms with van der Waals surface area (Å²) in [7, 11) is 0. The third kappa shape index (κ3) is 4.38. The molecule has 1 aromatic carbocycles. The molecule has 0 saturated carbocycles. The van der Waals surface area contributed by atoms with E-state index in [1.807, 2.05) is 6.07 Å². The van der Waals surface area contributed by atoms with E-state index in [4.69, 9.17) is 15.7 Å². The number of nitriles is 1. The van der Waals surface area contributed by atoms with Gasteiger partial charge in [0, 0.05) is 18.3 Å². The highest BCUT2D eigenvalue weighted by molar-refractivity contribution is 5.77. The SMILES string of the molecule is N#CCCNC(=O)COc1ccc(N)cc1F. The topological polar surface area (TPSA) is 88.1 Å². The minimum atomic E-state index is -0.616. The lowest BCUT2D eigenvalue weighted by atomic mass is 10.3. The Hall–Kier alpha value is -2.29. The molecule has 1 rings (SSSR count). The zero-order chi connectivity index (χ0) is 12.7. The van der Waals surface area contributed by atoms with Crippen molar-refractivity contribution in [3.63, 3.8) is 0 Å². The molecule has 1 aromatic rings. The molecule has 17 heavy (non-hydrogen) atoms.